The number of halogens is 1. The van der Waals surface area contributed by atoms with Gasteiger partial charge in [-0.15, -0.1) is 0 Å². The molecule has 0 aliphatic rings. The normalized spacial score (nSPS) is 10.7. The van der Waals surface area contributed by atoms with Crippen molar-refractivity contribution in [1.29, 1.82) is 5.41 Å². The Balaban J connectivity index is 2.26. The molecular weight excluding hydrogens is 284 g/mol. The zero-order chi connectivity index (χ0) is 15.6. The van der Waals surface area contributed by atoms with Crippen LogP contribution in [0.3, 0.4) is 0 Å². The lowest BCUT2D eigenvalue weighted by Gasteiger charge is -2.13. The lowest BCUT2D eigenvalue weighted by molar-refractivity contribution is 0.482. The third kappa shape index (κ3) is 3.56. The summed E-state index contributed by atoms with van der Waals surface area (Å²) in [4.78, 5) is 0. The first-order valence-electron chi connectivity index (χ1n) is 6.81. The average molecular weight is 303 g/mol. The standard InChI is InChI=1S/C17H19ClN2O/c1-10(2)14-6-5-13(8-11(14)3)21-16-7-4-12(17(19)20)9-15(16)18/h4-10H,1-3H3,(H3,19,20). The lowest BCUT2D eigenvalue weighted by Crippen LogP contribution is -2.10. The molecule has 0 aliphatic carbocycles. The number of nitrogens with two attached hydrogens (primary N) is 1. The van der Waals surface area contributed by atoms with Gasteiger partial charge in [0.1, 0.15) is 17.3 Å². The Morgan fingerprint density at radius 2 is 1.90 bits per heavy atom. The summed E-state index contributed by atoms with van der Waals surface area (Å²) in [5.74, 6) is 1.77. The van der Waals surface area contributed by atoms with Crippen molar-refractivity contribution in [3.8, 4) is 11.5 Å². The van der Waals surface area contributed by atoms with Crippen LogP contribution < -0.4 is 10.5 Å². The molecule has 2 aromatic carbocycles. The van der Waals surface area contributed by atoms with Crippen molar-refractivity contribution < 1.29 is 4.74 Å². The van der Waals surface area contributed by atoms with Crippen LogP contribution in [0.15, 0.2) is 36.4 Å². The predicted octanol–water partition coefficient (Wildman–Crippen LogP) is 4.85. The van der Waals surface area contributed by atoms with Gasteiger partial charge in [-0.2, -0.15) is 0 Å². The Bertz CT molecular complexity index is 680. The maximum absolute atomic E-state index is 7.39. The first-order valence-corrected chi connectivity index (χ1v) is 7.18. The summed E-state index contributed by atoms with van der Waals surface area (Å²) >= 11 is 6.17. The number of benzene rings is 2. The molecule has 0 saturated carbocycles. The van der Waals surface area contributed by atoms with Gasteiger partial charge in [0, 0.05) is 5.56 Å². The number of nitrogen functional groups attached to an aromatic ring is 1. The number of hydrogen-bond donors (Lipinski definition) is 2. The van der Waals surface area contributed by atoms with E-state index in [0.29, 0.717) is 22.3 Å². The Kier molecular flexibility index (Phi) is 4.53. The van der Waals surface area contributed by atoms with E-state index in [4.69, 9.17) is 27.5 Å². The Hall–Kier alpha value is -2.00. The second-order valence-electron chi connectivity index (χ2n) is 5.33. The van der Waals surface area contributed by atoms with Gasteiger partial charge in [-0.05, 0) is 54.3 Å². The lowest BCUT2D eigenvalue weighted by atomic mass is 9.98. The molecule has 2 rings (SSSR count). The van der Waals surface area contributed by atoms with Crippen molar-refractivity contribution in [2.24, 2.45) is 5.73 Å². The number of nitrogens with one attached hydrogen (secondary N) is 1. The first kappa shape index (κ1) is 15.4. The predicted molar refractivity (Wildman–Crippen MR) is 87.8 cm³/mol. The van der Waals surface area contributed by atoms with Gasteiger partial charge in [0.25, 0.3) is 0 Å². The van der Waals surface area contributed by atoms with E-state index in [1.807, 2.05) is 12.1 Å². The van der Waals surface area contributed by atoms with Crippen LogP contribution in [-0.2, 0) is 0 Å². The van der Waals surface area contributed by atoms with E-state index < -0.39 is 0 Å². The van der Waals surface area contributed by atoms with Crippen LogP contribution >= 0.6 is 11.6 Å². The molecule has 0 saturated heterocycles. The fourth-order valence-corrected chi connectivity index (χ4v) is 2.46. The van der Waals surface area contributed by atoms with Gasteiger partial charge in [0.05, 0.1) is 5.02 Å². The molecule has 3 nitrogen and oxygen atoms in total. The van der Waals surface area contributed by atoms with Crippen molar-refractivity contribution in [1.82, 2.24) is 0 Å². The van der Waals surface area contributed by atoms with Crippen LogP contribution in [0, 0.1) is 12.3 Å². The molecule has 110 valence electrons. The van der Waals surface area contributed by atoms with Crippen LogP contribution in [0.4, 0.5) is 0 Å². The first-order chi connectivity index (χ1) is 9.88. The highest BCUT2D eigenvalue weighted by molar-refractivity contribution is 6.32. The van der Waals surface area contributed by atoms with E-state index in [9.17, 15) is 0 Å². The molecule has 0 amide bonds. The fraction of sp³-hybridized carbons (Fsp3) is 0.235. The molecule has 2 aromatic rings. The smallest absolute Gasteiger partial charge is 0.146 e. The third-order valence-corrected chi connectivity index (χ3v) is 3.63. The molecular formula is C17H19ClN2O. The van der Waals surface area contributed by atoms with E-state index in [1.165, 1.54) is 11.1 Å². The van der Waals surface area contributed by atoms with Gasteiger partial charge in [0.2, 0.25) is 0 Å². The molecule has 0 heterocycles. The van der Waals surface area contributed by atoms with Crippen LogP contribution in [0.2, 0.25) is 5.02 Å². The van der Waals surface area contributed by atoms with Crippen LogP contribution in [0.5, 0.6) is 11.5 Å². The van der Waals surface area contributed by atoms with Gasteiger partial charge >= 0.3 is 0 Å². The summed E-state index contributed by atoms with van der Waals surface area (Å²) in [6, 6.07) is 11.1. The summed E-state index contributed by atoms with van der Waals surface area (Å²) < 4.78 is 5.82. The Morgan fingerprint density at radius 3 is 2.43 bits per heavy atom. The van der Waals surface area contributed by atoms with Crippen molar-refractivity contribution in [3.05, 3.63) is 58.1 Å². The summed E-state index contributed by atoms with van der Waals surface area (Å²) in [6.45, 7) is 6.41. The maximum Gasteiger partial charge on any atom is 0.146 e. The van der Waals surface area contributed by atoms with Crippen LogP contribution in [0.1, 0.15) is 36.5 Å². The van der Waals surface area contributed by atoms with Gasteiger partial charge in [-0.25, -0.2) is 0 Å². The summed E-state index contributed by atoms with van der Waals surface area (Å²) in [7, 11) is 0. The van der Waals surface area contributed by atoms with Crippen molar-refractivity contribution >= 4 is 17.4 Å². The molecule has 0 fully saturated rings. The summed E-state index contributed by atoms with van der Waals surface area (Å²) in [5, 5.41) is 7.83. The minimum absolute atomic E-state index is 0.0134. The monoisotopic (exact) mass is 302 g/mol. The second-order valence-corrected chi connectivity index (χ2v) is 5.74. The molecule has 0 spiro atoms. The molecule has 0 aromatic heterocycles. The SMILES string of the molecule is Cc1cc(Oc2ccc(C(=N)N)cc2Cl)ccc1C(C)C. The summed E-state index contributed by atoms with van der Waals surface area (Å²) in [5.41, 5.74) is 8.52. The molecule has 0 bridgehead atoms. The minimum Gasteiger partial charge on any atom is -0.456 e. The zero-order valence-electron chi connectivity index (χ0n) is 12.4. The topological polar surface area (TPSA) is 59.1 Å². The molecule has 0 radical (unpaired) electrons. The average Bonchev–Trinajstić information content (AvgIpc) is 2.40. The van der Waals surface area contributed by atoms with E-state index in [0.717, 1.165) is 5.75 Å². The highest BCUT2D eigenvalue weighted by Crippen LogP contribution is 2.32. The third-order valence-electron chi connectivity index (χ3n) is 3.33. The second kappa shape index (κ2) is 6.19. The highest BCUT2D eigenvalue weighted by atomic mass is 35.5. The van der Waals surface area contributed by atoms with Crippen LogP contribution in [0.25, 0.3) is 0 Å². The quantitative estimate of drug-likeness (QED) is 0.626. The minimum atomic E-state index is -0.0134. The van der Waals surface area contributed by atoms with E-state index in [1.54, 1.807) is 18.2 Å². The van der Waals surface area contributed by atoms with E-state index >= 15 is 0 Å². The van der Waals surface area contributed by atoms with Crippen molar-refractivity contribution in [2.45, 2.75) is 26.7 Å². The Morgan fingerprint density at radius 1 is 1.19 bits per heavy atom. The van der Waals surface area contributed by atoms with E-state index in [-0.39, 0.29) is 5.84 Å². The van der Waals surface area contributed by atoms with E-state index in [2.05, 4.69) is 26.8 Å². The fourth-order valence-electron chi connectivity index (χ4n) is 2.24. The van der Waals surface area contributed by atoms with Gasteiger partial charge in [0.15, 0.2) is 0 Å². The number of ether oxygens (including phenoxy) is 1. The molecule has 0 unspecified atom stereocenters. The summed E-state index contributed by atoms with van der Waals surface area (Å²) in [6.07, 6.45) is 0. The molecule has 4 heteroatoms. The number of hydrogen-bond acceptors (Lipinski definition) is 2. The number of aryl methyl sites for hydroxylation is 1. The Labute approximate surface area is 130 Å². The van der Waals surface area contributed by atoms with Gasteiger partial charge in [-0.3, -0.25) is 5.41 Å². The highest BCUT2D eigenvalue weighted by Gasteiger charge is 2.08. The number of rotatable bonds is 4. The van der Waals surface area contributed by atoms with Crippen LogP contribution in [-0.4, -0.2) is 5.84 Å². The zero-order valence-corrected chi connectivity index (χ0v) is 13.2. The van der Waals surface area contributed by atoms with Crippen molar-refractivity contribution in [3.63, 3.8) is 0 Å². The van der Waals surface area contributed by atoms with Gasteiger partial charge in [-0.1, -0.05) is 31.5 Å². The largest absolute Gasteiger partial charge is 0.456 e. The molecule has 0 aliphatic heterocycles. The maximum atomic E-state index is 7.39. The molecule has 0 atom stereocenters. The molecule has 21 heavy (non-hydrogen) atoms. The molecule has 3 N–H and O–H groups in total. The van der Waals surface area contributed by atoms with Gasteiger partial charge < -0.3 is 10.5 Å². The number of amidine groups is 1. The van der Waals surface area contributed by atoms with Crippen molar-refractivity contribution in [2.75, 3.05) is 0 Å².